The second-order valence-corrected chi connectivity index (χ2v) is 13.6. The molecule has 32 heavy (non-hydrogen) atoms. The van der Waals surface area contributed by atoms with Crippen LogP contribution in [0.25, 0.3) is 0 Å². The van der Waals surface area contributed by atoms with Crippen molar-refractivity contribution in [3.63, 3.8) is 0 Å². The van der Waals surface area contributed by atoms with E-state index in [0.717, 1.165) is 68.4 Å². The molecule has 5 nitrogen and oxygen atoms in total. The second-order valence-electron chi connectivity index (χ2n) is 9.66. The van der Waals surface area contributed by atoms with Gasteiger partial charge in [-0.2, -0.15) is 9.34 Å². The van der Waals surface area contributed by atoms with Crippen molar-refractivity contribution in [3.05, 3.63) is 34.3 Å². The Morgan fingerprint density at radius 1 is 1.00 bits per heavy atom. The Bertz CT molecular complexity index is 736. The molecule has 1 aromatic carbocycles. The molecule has 1 N–H and O–H groups in total. The van der Waals surface area contributed by atoms with Gasteiger partial charge >= 0.3 is 7.57 Å². The van der Waals surface area contributed by atoms with Gasteiger partial charge in [0.1, 0.15) is 7.44 Å². The normalized spacial score (nSPS) is 30.9. The fourth-order valence-corrected chi connectivity index (χ4v) is 11.8. The number of rotatable bonds is 9. The van der Waals surface area contributed by atoms with E-state index in [0.29, 0.717) is 17.7 Å². The minimum Gasteiger partial charge on any atom is -0.388 e. The van der Waals surface area contributed by atoms with Crippen LogP contribution in [0.3, 0.4) is 0 Å². The van der Waals surface area contributed by atoms with Gasteiger partial charge in [0.25, 0.3) is 0 Å². The number of ether oxygens (including phenoxy) is 2. The standard InChI is InChI=1S/C24H38BBrN2O3P/c1-30-16-18-8-6-14-27(18)32(25,28-15-7-9-19(28)17-31-2)23-13-5-11-21(23)24(29)20-10-3-4-12-22(20)26/h3-4,10,12,18-19,21,23-24,29H,5-9,11,13-17H2,1-2H3/q+1/t18-,19-,21+,23?,24-/m0/s1. The van der Waals surface area contributed by atoms with Gasteiger partial charge in [-0.25, -0.2) is 0 Å². The van der Waals surface area contributed by atoms with E-state index in [4.69, 9.17) is 17.0 Å². The fraction of sp³-hybridized carbons (Fsp3) is 0.750. The molecule has 1 saturated carbocycles. The van der Waals surface area contributed by atoms with Crippen LogP contribution in [-0.4, -0.2) is 80.3 Å². The molecule has 1 unspecified atom stereocenters. The molecule has 0 amide bonds. The van der Waals surface area contributed by atoms with Crippen LogP contribution in [0.5, 0.6) is 0 Å². The average molecular weight is 524 g/mol. The molecule has 5 atom stereocenters. The molecule has 3 aliphatic rings. The number of nitrogens with zero attached hydrogens (tertiary/aromatic N) is 2. The van der Waals surface area contributed by atoms with E-state index in [9.17, 15) is 5.11 Å². The number of benzene rings is 1. The summed E-state index contributed by atoms with van der Waals surface area (Å²) in [4.78, 5) is 0. The molecule has 3 fully saturated rings. The number of aliphatic hydroxyl groups is 1. The van der Waals surface area contributed by atoms with Gasteiger partial charge in [0, 0.05) is 37.7 Å². The lowest BCUT2D eigenvalue weighted by molar-refractivity contribution is 0.106. The number of hydrogen-bond donors (Lipinski definition) is 1. The minimum atomic E-state index is -2.20. The number of aliphatic hydroxyl groups excluding tert-OH is 1. The lowest BCUT2D eigenvalue weighted by Crippen LogP contribution is -2.49. The Kier molecular flexibility index (Phi) is 8.75. The monoisotopic (exact) mass is 523 g/mol. The van der Waals surface area contributed by atoms with E-state index in [2.05, 4.69) is 25.3 Å². The van der Waals surface area contributed by atoms with Gasteiger partial charge < -0.3 is 14.6 Å². The highest BCUT2D eigenvalue weighted by Crippen LogP contribution is 2.73. The summed E-state index contributed by atoms with van der Waals surface area (Å²) < 4.78 is 17.5. The van der Waals surface area contributed by atoms with Crippen LogP contribution in [0.1, 0.15) is 56.6 Å². The molecule has 2 radical (unpaired) electrons. The van der Waals surface area contributed by atoms with Crippen LogP contribution in [0, 0.1) is 5.92 Å². The molecule has 0 spiro atoms. The van der Waals surface area contributed by atoms with Crippen LogP contribution in [0.4, 0.5) is 0 Å². The number of hydrogen-bond acceptors (Lipinski definition) is 5. The predicted octanol–water partition coefficient (Wildman–Crippen LogP) is 4.80. The van der Waals surface area contributed by atoms with Crippen LogP contribution in [0.2, 0.25) is 0 Å². The van der Waals surface area contributed by atoms with E-state index < -0.39 is 13.5 Å². The summed E-state index contributed by atoms with van der Waals surface area (Å²) in [6.45, 7) is 3.52. The highest BCUT2D eigenvalue weighted by Gasteiger charge is 2.62. The van der Waals surface area contributed by atoms with Crippen LogP contribution in [0.15, 0.2) is 28.7 Å². The third-order valence-electron chi connectivity index (χ3n) is 7.88. The number of halogens is 1. The molecule has 1 aromatic rings. The summed E-state index contributed by atoms with van der Waals surface area (Å²) in [5.74, 6) is 0.166. The zero-order valence-electron chi connectivity index (χ0n) is 19.5. The fourth-order valence-electron chi connectivity index (χ4n) is 6.49. The summed E-state index contributed by atoms with van der Waals surface area (Å²) in [5, 5.41) is 11.6. The first-order valence-corrected chi connectivity index (χ1v) is 14.8. The molecule has 0 aromatic heterocycles. The van der Waals surface area contributed by atoms with Gasteiger partial charge in [-0.3, -0.25) is 0 Å². The molecule has 4 rings (SSSR count). The maximum absolute atomic E-state index is 11.6. The van der Waals surface area contributed by atoms with Crippen molar-refractivity contribution >= 4 is 30.9 Å². The van der Waals surface area contributed by atoms with Crippen molar-refractivity contribution in [2.24, 2.45) is 5.92 Å². The van der Waals surface area contributed by atoms with Crippen molar-refractivity contribution in [1.29, 1.82) is 0 Å². The summed E-state index contributed by atoms with van der Waals surface area (Å²) in [6, 6.07) is 8.83. The SMILES string of the molecule is [B][P+](C1CCC[C@H]1[C@@H](O)c1ccccc1Br)(N1CCC[C@H]1COC)N1CCC[C@H]1COC. The predicted molar refractivity (Wildman–Crippen MR) is 136 cm³/mol. The summed E-state index contributed by atoms with van der Waals surface area (Å²) in [7, 11) is 9.13. The maximum atomic E-state index is 11.6. The molecular weight excluding hydrogens is 486 g/mol. The lowest BCUT2D eigenvalue weighted by atomic mass is 9.94. The van der Waals surface area contributed by atoms with E-state index >= 15 is 0 Å². The highest BCUT2D eigenvalue weighted by atomic mass is 79.9. The Morgan fingerprint density at radius 3 is 2.16 bits per heavy atom. The van der Waals surface area contributed by atoms with Crippen LogP contribution < -0.4 is 0 Å². The third-order valence-corrected chi connectivity index (χ3v) is 12.9. The molecule has 0 bridgehead atoms. The Balaban J connectivity index is 1.71. The molecule has 2 heterocycles. The quantitative estimate of drug-likeness (QED) is 0.372. The van der Waals surface area contributed by atoms with Crippen molar-refractivity contribution in [1.82, 2.24) is 9.34 Å². The summed E-state index contributed by atoms with van der Waals surface area (Å²) in [6.07, 6.45) is 7.34. The number of methoxy groups -OCH3 is 2. The van der Waals surface area contributed by atoms with Crippen LogP contribution in [-0.2, 0) is 9.47 Å². The van der Waals surface area contributed by atoms with E-state index in [1.165, 1.54) is 12.8 Å². The van der Waals surface area contributed by atoms with Gasteiger partial charge in [0.15, 0.2) is 0 Å². The van der Waals surface area contributed by atoms with Gasteiger partial charge in [-0.05, 0) is 56.6 Å². The molecule has 8 heteroatoms. The first-order valence-electron chi connectivity index (χ1n) is 12.1. The average Bonchev–Trinajstić information content (AvgIpc) is 3.55. The Morgan fingerprint density at radius 2 is 1.59 bits per heavy atom. The zero-order valence-corrected chi connectivity index (χ0v) is 22.0. The summed E-state index contributed by atoms with van der Waals surface area (Å²) in [5.41, 5.74) is 1.28. The van der Waals surface area contributed by atoms with Crippen molar-refractivity contribution in [3.8, 4) is 0 Å². The first-order chi connectivity index (χ1) is 15.5. The van der Waals surface area contributed by atoms with Gasteiger partial charge in [-0.15, -0.1) is 0 Å². The minimum absolute atomic E-state index is 0.166. The van der Waals surface area contributed by atoms with Gasteiger partial charge in [0.2, 0.25) is 0 Å². The largest absolute Gasteiger partial charge is 0.409 e. The molecule has 176 valence electrons. The van der Waals surface area contributed by atoms with E-state index in [1.54, 1.807) is 14.2 Å². The third kappa shape index (κ3) is 4.73. The van der Waals surface area contributed by atoms with Crippen molar-refractivity contribution in [2.45, 2.75) is 68.8 Å². The van der Waals surface area contributed by atoms with Gasteiger partial charge in [-0.1, -0.05) is 34.1 Å². The van der Waals surface area contributed by atoms with E-state index in [1.807, 2.05) is 24.3 Å². The van der Waals surface area contributed by atoms with Crippen molar-refractivity contribution < 1.29 is 14.6 Å². The van der Waals surface area contributed by atoms with Gasteiger partial charge in [0.05, 0.1) is 37.1 Å². The topological polar surface area (TPSA) is 45.2 Å². The molecule has 1 aliphatic carbocycles. The Labute approximate surface area is 204 Å². The van der Waals surface area contributed by atoms with Crippen molar-refractivity contribution in [2.75, 3.05) is 40.5 Å². The first kappa shape index (κ1) is 25.1. The molecule has 2 aliphatic heterocycles. The molecular formula is C24H38BBrN2O3P+. The second kappa shape index (κ2) is 11.2. The maximum Gasteiger partial charge on any atom is 0.409 e. The van der Waals surface area contributed by atoms with Crippen LogP contribution >= 0.6 is 23.4 Å². The van der Waals surface area contributed by atoms with E-state index in [-0.39, 0.29) is 5.92 Å². The zero-order chi connectivity index (χ0) is 22.7. The molecule has 2 saturated heterocycles. The smallest absolute Gasteiger partial charge is 0.388 e. The summed E-state index contributed by atoms with van der Waals surface area (Å²) >= 11 is 3.67. The lowest BCUT2D eigenvalue weighted by Gasteiger charge is -2.48. The highest BCUT2D eigenvalue weighted by molar-refractivity contribution is 9.10. The Hall–Kier alpha value is -0.00506.